The summed E-state index contributed by atoms with van der Waals surface area (Å²) in [6, 6.07) is 0.190. The van der Waals surface area contributed by atoms with Crippen LogP contribution in [0.2, 0.25) is 0 Å². The van der Waals surface area contributed by atoms with Crippen molar-refractivity contribution in [2.75, 3.05) is 19.6 Å². The Labute approximate surface area is 114 Å². The topological polar surface area (TPSA) is 61.4 Å². The third kappa shape index (κ3) is 3.08. The van der Waals surface area contributed by atoms with Gasteiger partial charge in [0.1, 0.15) is 6.04 Å². The molecule has 5 nitrogen and oxygen atoms in total. The second-order valence-electron chi connectivity index (χ2n) is 6.07. The van der Waals surface area contributed by atoms with Crippen molar-refractivity contribution in [3.05, 3.63) is 0 Å². The highest BCUT2D eigenvalue weighted by atomic mass is 16.2. The molecule has 0 aromatic carbocycles. The summed E-state index contributed by atoms with van der Waals surface area (Å²) < 4.78 is 0. The zero-order valence-corrected chi connectivity index (χ0v) is 11.4. The maximum atomic E-state index is 12.5. The summed E-state index contributed by atoms with van der Waals surface area (Å²) in [6.07, 6.45) is 5.77. The molecule has 1 saturated carbocycles. The first-order chi connectivity index (χ1) is 9.24. The molecular formula is C14H23N3O2. The summed E-state index contributed by atoms with van der Waals surface area (Å²) in [5.41, 5.74) is 0. The molecule has 5 heteroatoms. The summed E-state index contributed by atoms with van der Waals surface area (Å²) >= 11 is 0. The number of hydrogen-bond acceptors (Lipinski definition) is 3. The van der Waals surface area contributed by atoms with Gasteiger partial charge in [0.2, 0.25) is 11.8 Å². The normalized spacial score (nSPS) is 28.2. The third-order valence-corrected chi connectivity index (χ3v) is 4.48. The molecular weight excluding hydrogens is 242 g/mol. The molecule has 0 bridgehead atoms. The van der Waals surface area contributed by atoms with Crippen LogP contribution < -0.4 is 10.6 Å². The first kappa shape index (κ1) is 12.9. The molecule has 19 heavy (non-hydrogen) atoms. The van der Waals surface area contributed by atoms with Crippen LogP contribution in [0.5, 0.6) is 0 Å². The second-order valence-corrected chi connectivity index (χ2v) is 6.07. The van der Waals surface area contributed by atoms with Crippen LogP contribution in [0, 0.1) is 5.92 Å². The van der Waals surface area contributed by atoms with Gasteiger partial charge in [-0.25, -0.2) is 0 Å². The minimum atomic E-state index is -0.255. The van der Waals surface area contributed by atoms with Crippen molar-refractivity contribution in [2.24, 2.45) is 5.92 Å². The molecule has 0 aromatic rings. The van der Waals surface area contributed by atoms with Crippen LogP contribution in [0.3, 0.4) is 0 Å². The highest BCUT2D eigenvalue weighted by Crippen LogP contribution is 2.30. The number of carbonyl (C=O) groups excluding carboxylic acids is 2. The van der Waals surface area contributed by atoms with Crippen molar-refractivity contribution < 1.29 is 9.59 Å². The minimum absolute atomic E-state index is 0.0240. The van der Waals surface area contributed by atoms with Gasteiger partial charge in [-0.1, -0.05) is 0 Å². The molecule has 0 spiro atoms. The van der Waals surface area contributed by atoms with Crippen molar-refractivity contribution in [3.8, 4) is 0 Å². The molecule has 3 aliphatic rings. The minimum Gasteiger partial charge on any atom is -0.344 e. The lowest BCUT2D eigenvalue weighted by Crippen LogP contribution is -2.48. The largest absolute Gasteiger partial charge is 0.344 e. The van der Waals surface area contributed by atoms with Gasteiger partial charge in [-0.15, -0.1) is 0 Å². The molecule has 0 radical (unpaired) electrons. The Hall–Kier alpha value is -1.10. The number of carbonyl (C=O) groups is 2. The molecule has 3 fully saturated rings. The Balaban J connectivity index is 1.60. The van der Waals surface area contributed by atoms with E-state index in [1.165, 1.54) is 0 Å². The Morgan fingerprint density at radius 2 is 1.89 bits per heavy atom. The Morgan fingerprint density at radius 1 is 1.16 bits per heavy atom. The molecule has 2 heterocycles. The van der Waals surface area contributed by atoms with Crippen LogP contribution in [0.25, 0.3) is 0 Å². The number of nitrogens with zero attached hydrogens (tertiary/aromatic N) is 1. The maximum absolute atomic E-state index is 12.5. The number of rotatable bonds is 4. The van der Waals surface area contributed by atoms with E-state index >= 15 is 0 Å². The number of nitrogens with one attached hydrogen (secondary N) is 2. The predicted octanol–water partition coefficient (Wildman–Crippen LogP) is 0.256. The van der Waals surface area contributed by atoms with E-state index in [0.29, 0.717) is 24.8 Å². The van der Waals surface area contributed by atoms with Crippen molar-refractivity contribution in [3.63, 3.8) is 0 Å². The van der Waals surface area contributed by atoms with Crippen molar-refractivity contribution in [1.29, 1.82) is 0 Å². The predicted molar refractivity (Wildman–Crippen MR) is 71.5 cm³/mol. The first-order valence-electron chi connectivity index (χ1n) is 7.54. The Bertz CT molecular complexity index is 362. The fourth-order valence-electron chi connectivity index (χ4n) is 3.15. The lowest BCUT2D eigenvalue weighted by molar-refractivity contribution is -0.135. The molecule has 2 aliphatic heterocycles. The fraction of sp³-hybridized carbons (Fsp3) is 0.857. The number of piperidine rings is 1. The van der Waals surface area contributed by atoms with E-state index in [4.69, 9.17) is 0 Å². The summed E-state index contributed by atoms with van der Waals surface area (Å²) in [6.45, 7) is 3.02. The van der Waals surface area contributed by atoms with Crippen LogP contribution in [-0.4, -0.2) is 48.4 Å². The average Bonchev–Trinajstić information content (AvgIpc) is 3.18. The van der Waals surface area contributed by atoms with Crippen LogP contribution in [-0.2, 0) is 9.59 Å². The van der Waals surface area contributed by atoms with Crippen LogP contribution in [0.15, 0.2) is 0 Å². The van der Waals surface area contributed by atoms with Crippen molar-refractivity contribution >= 4 is 11.8 Å². The van der Waals surface area contributed by atoms with Gasteiger partial charge in [-0.3, -0.25) is 9.59 Å². The van der Waals surface area contributed by atoms with Gasteiger partial charge >= 0.3 is 0 Å². The van der Waals surface area contributed by atoms with Gasteiger partial charge in [-0.2, -0.15) is 0 Å². The van der Waals surface area contributed by atoms with Gasteiger partial charge in [-0.05, 0) is 51.1 Å². The number of hydrogen-bond donors (Lipinski definition) is 2. The summed E-state index contributed by atoms with van der Waals surface area (Å²) in [7, 11) is 0. The first-order valence-corrected chi connectivity index (χ1v) is 7.54. The molecule has 3 rings (SSSR count). The molecule has 2 N–H and O–H groups in total. The lowest BCUT2D eigenvalue weighted by Gasteiger charge is -2.31. The molecule has 106 valence electrons. The summed E-state index contributed by atoms with van der Waals surface area (Å²) in [4.78, 5) is 25.9. The van der Waals surface area contributed by atoms with E-state index in [1.807, 2.05) is 0 Å². The standard InChI is InChI=1S/C14H23N3O2/c18-13-4-3-12(16-13)14(19)17(11-1-2-11)9-10-5-7-15-8-6-10/h10-12,15H,1-9H2,(H,16,18). The van der Waals surface area contributed by atoms with E-state index < -0.39 is 0 Å². The van der Waals surface area contributed by atoms with Gasteiger partial charge in [0.15, 0.2) is 0 Å². The zero-order chi connectivity index (χ0) is 13.2. The molecule has 1 aliphatic carbocycles. The van der Waals surface area contributed by atoms with Gasteiger partial charge in [0.05, 0.1) is 0 Å². The van der Waals surface area contributed by atoms with E-state index in [0.717, 1.165) is 45.3 Å². The monoisotopic (exact) mass is 265 g/mol. The SMILES string of the molecule is O=C1CCC(C(=O)N(CC2CCNCC2)C2CC2)N1. The van der Waals surface area contributed by atoms with E-state index in [2.05, 4.69) is 15.5 Å². The third-order valence-electron chi connectivity index (χ3n) is 4.48. The van der Waals surface area contributed by atoms with Gasteiger partial charge < -0.3 is 15.5 Å². The molecule has 2 amide bonds. The summed E-state index contributed by atoms with van der Waals surface area (Å²) in [5.74, 6) is 0.811. The van der Waals surface area contributed by atoms with Crippen molar-refractivity contribution in [2.45, 2.75) is 50.6 Å². The summed E-state index contributed by atoms with van der Waals surface area (Å²) in [5, 5.41) is 6.17. The van der Waals surface area contributed by atoms with E-state index in [1.54, 1.807) is 0 Å². The van der Waals surface area contributed by atoms with Gasteiger partial charge in [0, 0.05) is 19.0 Å². The van der Waals surface area contributed by atoms with E-state index in [9.17, 15) is 9.59 Å². The zero-order valence-electron chi connectivity index (χ0n) is 11.4. The molecule has 2 saturated heterocycles. The highest BCUT2D eigenvalue weighted by Gasteiger charge is 2.39. The highest BCUT2D eigenvalue weighted by molar-refractivity contribution is 5.91. The molecule has 0 aromatic heterocycles. The second kappa shape index (κ2) is 5.49. The molecule has 1 unspecified atom stereocenters. The van der Waals surface area contributed by atoms with Gasteiger partial charge in [0.25, 0.3) is 0 Å². The quantitative estimate of drug-likeness (QED) is 0.766. The van der Waals surface area contributed by atoms with Crippen LogP contribution >= 0.6 is 0 Å². The number of amides is 2. The van der Waals surface area contributed by atoms with E-state index in [-0.39, 0.29) is 17.9 Å². The molecule has 1 atom stereocenters. The van der Waals surface area contributed by atoms with Crippen molar-refractivity contribution in [1.82, 2.24) is 15.5 Å². The van der Waals surface area contributed by atoms with Crippen LogP contribution in [0.4, 0.5) is 0 Å². The smallest absolute Gasteiger partial charge is 0.245 e. The lowest BCUT2D eigenvalue weighted by atomic mass is 9.97. The van der Waals surface area contributed by atoms with Crippen LogP contribution in [0.1, 0.15) is 38.5 Å². The fourth-order valence-corrected chi connectivity index (χ4v) is 3.15. The maximum Gasteiger partial charge on any atom is 0.245 e. The Morgan fingerprint density at radius 3 is 2.47 bits per heavy atom. The Kier molecular flexibility index (Phi) is 3.73. The average molecular weight is 265 g/mol.